The van der Waals surface area contributed by atoms with E-state index in [9.17, 15) is 18.4 Å². The van der Waals surface area contributed by atoms with Gasteiger partial charge in [-0.2, -0.15) is 0 Å². The van der Waals surface area contributed by atoms with E-state index in [1.807, 2.05) is 18.2 Å². The molecular weight excluding hydrogens is 352 g/mol. The molecule has 7 heteroatoms. The third-order valence-corrected chi connectivity index (χ3v) is 3.87. The number of amides is 2. The monoisotopic (exact) mass is 367 g/mol. The summed E-state index contributed by atoms with van der Waals surface area (Å²) in [6.07, 6.45) is 1.32. The standard InChI is InChI=1S/C20H15F2N3O2/c1-25(15-5-3-2-4-6-15)20(27)13-9-10-23-18(11-13)19(26)24-17-8-7-14(21)12-16(17)22/h2-12H,1H3,(H,24,26). The van der Waals surface area contributed by atoms with Crippen LogP contribution in [0.3, 0.4) is 0 Å². The molecule has 3 aromatic rings. The van der Waals surface area contributed by atoms with E-state index in [1.54, 1.807) is 19.2 Å². The molecule has 0 saturated heterocycles. The first-order chi connectivity index (χ1) is 13.0. The van der Waals surface area contributed by atoms with Crippen LogP contribution in [0.4, 0.5) is 20.2 Å². The Bertz CT molecular complexity index is 994. The number of para-hydroxylation sites is 1. The number of benzene rings is 2. The van der Waals surface area contributed by atoms with Gasteiger partial charge in [-0.05, 0) is 36.4 Å². The summed E-state index contributed by atoms with van der Waals surface area (Å²) < 4.78 is 26.6. The summed E-state index contributed by atoms with van der Waals surface area (Å²) in [5, 5.41) is 2.31. The van der Waals surface area contributed by atoms with E-state index < -0.39 is 17.5 Å². The lowest BCUT2D eigenvalue weighted by Gasteiger charge is -2.17. The van der Waals surface area contributed by atoms with Crippen molar-refractivity contribution in [2.45, 2.75) is 0 Å². The number of carbonyl (C=O) groups is 2. The molecule has 136 valence electrons. The second kappa shape index (κ2) is 7.74. The van der Waals surface area contributed by atoms with E-state index in [0.29, 0.717) is 11.8 Å². The van der Waals surface area contributed by atoms with Crippen LogP contribution in [0, 0.1) is 11.6 Å². The van der Waals surface area contributed by atoms with Crippen molar-refractivity contribution in [3.05, 3.63) is 89.8 Å². The second-order valence-electron chi connectivity index (χ2n) is 5.71. The summed E-state index contributed by atoms with van der Waals surface area (Å²) in [6, 6.07) is 14.6. The van der Waals surface area contributed by atoms with Crippen molar-refractivity contribution in [3.8, 4) is 0 Å². The van der Waals surface area contributed by atoms with Crippen LogP contribution in [-0.2, 0) is 0 Å². The number of carbonyl (C=O) groups excluding carboxylic acids is 2. The van der Waals surface area contributed by atoms with Gasteiger partial charge in [0.1, 0.15) is 17.3 Å². The van der Waals surface area contributed by atoms with Gasteiger partial charge in [0.2, 0.25) is 0 Å². The maximum atomic E-state index is 13.7. The molecular formula is C20H15F2N3O2. The lowest BCUT2D eigenvalue weighted by Crippen LogP contribution is -2.26. The highest BCUT2D eigenvalue weighted by Crippen LogP contribution is 2.17. The fourth-order valence-corrected chi connectivity index (χ4v) is 2.43. The van der Waals surface area contributed by atoms with Crippen molar-refractivity contribution < 1.29 is 18.4 Å². The van der Waals surface area contributed by atoms with Crippen molar-refractivity contribution in [2.24, 2.45) is 0 Å². The van der Waals surface area contributed by atoms with Crippen LogP contribution in [-0.4, -0.2) is 23.8 Å². The summed E-state index contributed by atoms with van der Waals surface area (Å²) in [5.74, 6) is -2.69. The number of nitrogens with zero attached hydrogens (tertiary/aromatic N) is 2. The van der Waals surface area contributed by atoms with Gasteiger partial charge in [0.05, 0.1) is 5.69 Å². The quantitative estimate of drug-likeness (QED) is 0.761. The molecule has 2 amide bonds. The Labute approximate surface area is 154 Å². The highest BCUT2D eigenvalue weighted by atomic mass is 19.1. The van der Waals surface area contributed by atoms with Gasteiger partial charge in [-0.25, -0.2) is 8.78 Å². The Kier molecular flexibility index (Phi) is 5.21. The normalized spacial score (nSPS) is 10.3. The minimum atomic E-state index is -0.903. The summed E-state index contributed by atoms with van der Waals surface area (Å²) in [7, 11) is 1.62. The predicted octanol–water partition coefficient (Wildman–Crippen LogP) is 3.89. The van der Waals surface area contributed by atoms with E-state index in [1.165, 1.54) is 23.2 Å². The number of aromatic nitrogens is 1. The highest BCUT2D eigenvalue weighted by molar-refractivity contribution is 6.08. The maximum absolute atomic E-state index is 13.7. The zero-order valence-corrected chi connectivity index (χ0v) is 14.3. The number of nitrogens with one attached hydrogen (secondary N) is 1. The summed E-state index contributed by atoms with van der Waals surface area (Å²) in [5.41, 5.74) is 0.701. The summed E-state index contributed by atoms with van der Waals surface area (Å²) >= 11 is 0. The molecule has 0 atom stereocenters. The van der Waals surface area contributed by atoms with Gasteiger partial charge in [-0.1, -0.05) is 18.2 Å². The third-order valence-electron chi connectivity index (χ3n) is 3.87. The van der Waals surface area contributed by atoms with E-state index in [0.717, 1.165) is 12.1 Å². The average molecular weight is 367 g/mol. The zero-order chi connectivity index (χ0) is 19.4. The molecule has 0 radical (unpaired) electrons. The molecule has 0 unspecified atom stereocenters. The van der Waals surface area contributed by atoms with Gasteiger partial charge in [0.15, 0.2) is 0 Å². The SMILES string of the molecule is CN(C(=O)c1ccnc(C(=O)Nc2ccc(F)cc2F)c1)c1ccccc1. The van der Waals surface area contributed by atoms with E-state index in [2.05, 4.69) is 10.3 Å². The molecule has 0 saturated carbocycles. The van der Waals surface area contributed by atoms with Crippen molar-refractivity contribution in [2.75, 3.05) is 17.3 Å². The number of pyridine rings is 1. The van der Waals surface area contributed by atoms with Gasteiger partial charge in [0, 0.05) is 30.6 Å². The summed E-state index contributed by atoms with van der Waals surface area (Å²) in [6.45, 7) is 0. The Morgan fingerprint density at radius 3 is 2.44 bits per heavy atom. The smallest absolute Gasteiger partial charge is 0.274 e. The second-order valence-corrected chi connectivity index (χ2v) is 5.71. The van der Waals surface area contributed by atoms with Crippen molar-refractivity contribution in [1.29, 1.82) is 0 Å². The van der Waals surface area contributed by atoms with Crippen molar-refractivity contribution in [1.82, 2.24) is 4.98 Å². The van der Waals surface area contributed by atoms with Gasteiger partial charge in [-0.3, -0.25) is 14.6 Å². The van der Waals surface area contributed by atoms with Gasteiger partial charge in [0.25, 0.3) is 11.8 Å². The molecule has 0 aliphatic rings. The molecule has 0 aliphatic carbocycles. The number of hydrogen-bond acceptors (Lipinski definition) is 3. The van der Waals surface area contributed by atoms with Crippen molar-refractivity contribution in [3.63, 3.8) is 0 Å². The fraction of sp³-hybridized carbons (Fsp3) is 0.0500. The molecule has 1 aromatic heterocycles. The van der Waals surface area contributed by atoms with Crippen LogP contribution in [0.5, 0.6) is 0 Å². The largest absolute Gasteiger partial charge is 0.318 e. The van der Waals surface area contributed by atoms with E-state index in [4.69, 9.17) is 0 Å². The molecule has 3 rings (SSSR count). The minimum Gasteiger partial charge on any atom is -0.318 e. The first-order valence-electron chi connectivity index (χ1n) is 8.01. The number of halogens is 2. The molecule has 5 nitrogen and oxygen atoms in total. The van der Waals surface area contributed by atoms with E-state index in [-0.39, 0.29) is 22.9 Å². The number of rotatable bonds is 4. The molecule has 0 aliphatic heterocycles. The minimum absolute atomic E-state index is 0.0639. The van der Waals surface area contributed by atoms with Crippen LogP contribution >= 0.6 is 0 Å². The lowest BCUT2D eigenvalue weighted by molar-refractivity contribution is 0.0993. The first kappa shape index (κ1) is 18.2. The van der Waals surface area contributed by atoms with Gasteiger partial charge in [-0.15, -0.1) is 0 Å². The number of anilines is 2. The molecule has 1 heterocycles. The molecule has 0 bridgehead atoms. The first-order valence-corrected chi connectivity index (χ1v) is 8.01. The zero-order valence-electron chi connectivity index (χ0n) is 14.3. The van der Waals surface area contributed by atoms with Gasteiger partial charge >= 0.3 is 0 Å². The summed E-state index contributed by atoms with van der Waals surface area (Å²) in [4.78, 5) is 30.3. The lowest BCUT2D eigenvalue weighted by atomic mass is 10.2. The van der Waals surface area contributed by atoms with Crippen molar-refractivity contribution >= 4 is 23.2 Å². The van der Waals surface area contributed by atoms with Crippen LogP contribution < -0.4 is 10.2 Å². The Morgan fingerprint density at radius 2 is 1.74 bits per heavy atom. The van der Waals surface area contributed by atoms with Crippen LogP contribution in [0.1, 0.15) is 20.8 Å². The van der Waals surface area contributed by atoms with Crippen LogP contribution in [0.25, 0.3) is 0 Å². The Hall–Kier alpha value is -3.61. The molecule has 0 spiro atoms. The Morgan fingerprint density at radius 1 is 1.00 bits per heavy atom. The van der Waals surface area contributed by atoms with Gasteiger partial charge < -0.3 is 10.2 Å². The average Bonchev–Trinajstić information content (AvgIpc) is 2.69. The fourth-order valence-electron chi connectivity index (χ4n) is 2.43. The van der Waals surface area contributed by atoms with E-state index >= 15 is 0 Å². The van der Waals surface area contributed by atoms with Crippen LogP contribution in [0.15, 0.2) is 66.9 Å². The highest BCUT2D eigenvalue weighted by Gasteiger charge is 2.17. The maximum Gasteiger partial charge on any atom is 0.274 e. The Balaban J connectivity index is 1.80. The number of hydrogen-bond donors (Lipinski definition) is 1. The van der Waals surface area contributed by atoms with Crippen LogP contribution in [0.2, 0.25) is 0 Å². The predicted molar refractivity (Wildman–Crippen MR) is 97.7 cm³/mol. The topological polar surface area (TPSA) is 62.3 Å². The molecule has 1 N–H and O–H groups in total. The molecule has 0 fully saturated rings. The molecule has 2 aromatic carbocycles. The molecule has 27 heavy (non-hydrogen) atoms. The third kappa shape index (κ3) is 4.14.